The molecule has 0 saturated heterocycles. The third-order valence-corrected chi connectivity index (χ3v) is 17.6. The van der Waals surface area contributed by atoms with E-state index in [1.807, 2.05) is 6.08 Å². The second-order valence-electron chi connectivity index (χ2n) is 26.0. The van der Waals surface area contributed by atoms with Crippen molar-refractivity contribution in [1.82, 2.24) is 5.32 Å². The van der Waals surface area contributed by atoms with E-state index in [1.54, 1.807) is 6.08 Å². The first-order valence-corrected chi connectivity index (χ1v) is 37.9. The molecule has 6 heteroatoms. The van der Waals surface area contributed by atoms with Crippen LogP contribution in [0.5, 0.6) is 0 Å². The van der Waals surface area contributed by atoms with E-state index in [0.29, 0.717) is 19.4 Å². The minimum atomic E-state index is -0.845. The van der Waals surface area contributed by atoms with E-state index < -0.39 is 12.1 Å². The molecule has 0 rings (SSSR count). The zero-order chi connectivity index (χ0) is 60.6. The lowest BCUT2D eigenvalue weighted by Gasteiger charge is -2.20. The Morgan fingerprint density at radius 1 is 0.333 bits per heavy atom. The molecule has 2 atom stereocenters. The highest BCUT2D eigenvalue weighted by Crippen LogP contribution is 2.19. The molecule has 0 aromatic heterocycles. The molecule has 0 spiro atoms. The molecule has 3 N–H and O–H groups in total. The number of esters is 1. The van der Waals surface area contributed by atoms with Gasteiger partial charge in [0.2, 0.25) is 5.91 Å². The van der Waals surface area contributed by atoms with E-state index in [0.717, 1.165) is 51.4 Å². The standard InChI is InChI=1S/C78H147NO5/c1-3-5-7-9-11-13-15-17-19-21-35-38-42-46-50-54-58-62-66-70-76(81)75(74-80)79-77(82)71-67-63-59-55-51-47-43-39-36-33-31-29-27-25-23-24-26-28-30-32-34-37-41-45-49-53-57-61-65-69-73-84-78(83)72-68-64-60-56-52-48-44-40-22-20-18-16-14-12-10-8-6-4-2/h14,16,20,22,24,26,66,70,75-76,80-81H,3-13,15,17-19,21,23,25,27-65,67-69,71-74H2,1-2H3,(H,79,82)/b16-14-,22-20-,26-24-,70-66+. The molecule has 6 nitrogen and oxygen atoms in total. The van der Waals surface area contributed by atoms with Crippen molar-refractivity contribution in [3.05, 3.63) is 48.6 Å². The lowest BCUT2D eigenvalue weighted by molar-refractivity contribution is -0.143. The molecule has 0 aromatic rings. The van der Waals surface area contributed by atoms with Crippen molar-refractivity contribution >= 4 is 11.9 Å². The minimum Gasteiger partial charge on any atom is -0.466 e. The lowest BCUT2D eigenvalue weighted by Crippen LogP contribution is -2.45. The van der Waals surface area contributed by atoms with Gasteiger partial charge >= 0.3 is 5.97 Å². The van der Waals surface area contributed by atoms with Crippen LogP contribution < -0.4 is 5.32 Å². The number of allylic oxidation sites excluding steroid dienone is 7. The maximum absolute atomic E-state index is 12.5. The van der Waals surface area contributed by atoms with E-state index in [2.05, 4.69) is 55.6 Å². The number of unbranched alkanes of at least 4 members (excludes halogenated alkanes) is 54. The maximum Gasteiger partial charge on any atom is 0.305 e. The molecule has 0 heterocycles. The summed E-state index contributed by atoms with van der Waals surface area (Å²) in [5.41, 5.74) is 0. The van der Waals surface area contributed by atoms with E-state index in [4.69, 9.17) is 4.74 Å². The molecule has 0 fully saturated rings. The van der Waals surface area contributed by atoms with Gasteiger partial charge in [0.1, 0.15) is 0 Å². The molecule has 0 aliphatic heterocycles. The summed E-state index contributed by atoms with van der Waals surface area (Å²) in [6, 6.07) is -0.628. The normalized spacial score (nSPS) is 12.8. The summed E-state index contributed by atoms with van der Waals surface area (Å²) in [6.07, 6.45) is 96.4. The van der Waals surface area contributed by atoms with Gasteiger partial charge in [0.05, 0.1) is 25.4 Å². The first-order chi connectivity index (χ1) is 41.5. The van der Waals surface area contributed by atoms with Crippen molar-refractivity contribution < 1.29 is 24.5 Å². The second kappa shape index (κ2) is 73.3. The predicted octanol–water partition coefficient (Wildman–Crippen LogP) is 24.8. The number of carbonyl (C=O) groups is 2. The van der Waals surface area contributed by atoms with Crippen molar-refractivity contribution in [2.75, 3.05) is 13.2 Å². The van der Waals surface area contributed by atoms with Gasteiger partial charge in [0.15, 0.2) is 0 Å². The topological polar surface area (TPSA) is 95.9 Å². The number of hydrogen-bond donors (Lipinski definition) is 3. The third kappa shape index (κ3) is 68.9. The van der Waals surface area contributed by atoms with Crippen LogP contribution in [0.2, 0.25) is 0 Å². The lowest BCUT2D eigenvalue weighted by atomic mass is 10.0. The van der Waals surface area contributed by atoms with Crippen molar-refractivity contribution in [2.45, 2.75) is 424 Å². The van der Waals surface area contributed by atoms with Crippen molar-refractivity contribution in [1.29, 1.82) is 0 Å². The van der Waals surface area contributed by atoms with Gasteiger partial charge in [-0.15, -0.1) is 0 Å². The Balaban J connectivity index is 3.39. The molecule has 494 valence electrons. The molecular formula is C78H147NO5. The molecule has 0 aliphatic rings. The largest absolute Gasteiger partial charge is 0.466 e. The summed E-state index contributed by atoms with van der Waals surface area (Å²) in [7, 11) is 0. The zero-order valence-corrected chi connectivity index (χ0v) is 56.6. The van der Waals surface area contributed by atoms with Crippen LogP contribution in [-0.2, 0) is 14.3 Å². The zero-order valence-electron chi connectivity index (χ0n) is 56.6. The van der Waals surface area contributed by atoms with Gasteiger partial charge in [0.25, 0.3) is 0 Å². The molecule has 0 saturated carbocycles. The molecule has 0 radical (unpaired) electrons. The average molecular weight is 1180 g/mol. The molecule has 84 heavy (non-hydrogen) atoms. The quantitative estimate of drug-likeness (QED) is 0.0320. The van der Waals surface area contributed by atoms with E-state index in [-0.39, 0.29) is 18.5 Å². The summed E-state index contributed by atoms with van der Waals surface area (Å²) in [4.78, 5) is 24.6. The monoisotopic (exact) mass is 1180 g/mol. The van der Waals surface area contributed by atoms with E-state index >= 15 is 0 Å². The Morgan fingerprint density at radius 2 is 0.595 bits per heavy atom. The van der Waals surface area contributed by atoms with Gasteiger partial charge in [-0.1, -0.05) is 358 Å². The summed E-state index contributed by atoms with van der Waals surface area (Å²) < 4.78 is 5.50. The smallest absolute Gasteiger partial charge is 0.305 e. The van der Waals surface area contributed by atoms with Gasteiger partial charge in [-0.25, -0.2) is 0 Å². The van der Waals surface area contributed by atoms with Crippen molar-refractivity contribution in [3.63, 3.8) is 0 Å². The third-order valence-electron chi connectivity index (χ3n) is 17.6. The Morgan fingerprint density at radius 3 is 0.929 bits per heavy atom. The van der Waals surface area contributed by atoms with Crippen LogP contribution in [0.4, 0.5) is 0 Å². The van der Waals surface area contributed by atoms with Crippen molar-refractivity contribution in [3.8, 4) is 0 Å². The number of amides is 1. The second-order valence-corrected chi connectivity index (χ2v) is 26.0. The minimum absolute atomic E-state index is 0.00982. The average Bonchev–Trinajstić information content (AvgIpc) is 3.53. The number of aliphatic hydroxyl groups is 2. The molecule has 0 aliphatic carbocycles. The number of carbonyl (C=O) groups excluding carboxylic acids is 2. The van der Waals surface area contributed by atoms with Crippen LogP contribution in [0.15, 0.2) is 48.6 Å². The molecule has 2 unspecified atom stereocenters. The number of ether oxygens (including phenoxy) is 1. The molecule has 0 aromatic carbocycles. The maximum atomic E-state index is 12.5. The highest BCUT2D eigenvalue weighted by Gasteiger charge is 2.18. The van der Waals surface area contributed by atoms with Crippen LogP contribution >= 0.6 is 0 Å². The SMILES string of the molecule is CCCCCC/C=C\C/C=C\CCCCCCCCCC(=O)OCCCCCCCCCCCCCC/C=C\CCCCCCCCCCCCCCCCC(=O)NC(CO)C(O)/C=C/CCCCCCCCCCCCCCCCCCC. The molecular weight excluding hydrogens is 1030 g/mol. The fourth-order valence-corrected chi connectivity index (χ4v) is 11.8. The fourth-order valence-electron chi connectivity index (χ4n) is 11.8. The van der Waals surface area contributed by atoms with Crippen LogP contribution in [0.1, 0.15) is 412 Å². The first-order valence-electron chi connectivity index (χ1n) is 37.9. The summed E-state index contributed by atoms with van der Waals surface area (Å²) in [5.74, 6) is -0.0534. The Kier molecular flexibility index (Phi) is 71.4. The Bertz CT molecular complexity index is 1400. The highest BCUT2D eigenvalue weighted by atomic mass is 16.5. The number of aliphatic hydroxyl groups excluding tert-OH is 2. The van der Waals surface area contributed by atoms with Gasteiger partial charge in [-0.2, -0.15) is 0 Å². The van der Waals surface area contributed by atoms with Crippen LogP contribution in [-0.4, -0.2) is 47.4 Å². The fraction of sp³-hybridized carbons (Fsp3) is 0.872. The highest BCUT2D eigenvalue weighted by molar-refractivity contribution is 5.76. The summed E-state index contributed by atoms with van der Waals surface area (Å²) in [6.45, 7) is 4.92. The molecule has 1 amide bonds. The van der Waals surface area contributed by atoms with Gasteiger partial charge in [-0.3, -0.25) is 9.59 Å². The van der Waals surface area contributed by atoms with E-state index in [1.165, 1.54) is 334 Å². The number of rotatable bonds is 71. The Labute approximate surface area is 525 Å². The van der Waals surface area contributed by atoms with E-state index in [9.17, 15) is 19.8 Å². The summed E-state index contributed by atoms with van der Waals surface area (Å²) in [5, 5.41) is 23.2. The van der Waals surface area contributed by atoms with Crippen LogP contribution in [0, 0.1) is 0 Å². The first kappa shape index (κ1) is 81.8. The van der Waals surface area contributed by atoms with Gasteiger partial charge in [0, 0.05) is 12.8 Å². The van der Waals surface area contributed by atoms with Gasteiger partial charge in [-0.05, 0) is 89.9 Å². The predicted molar refractivity (Wildman–Crippen MR) is 370 cm³/mol. The summed E-state index contributed by atoms with van der Waals surface area (Å²) >= 11 is 0. The van der Waals surface area contributed by atoms with Crippen LogP contribution in [0.3, 0.4) is 0 Å². The number of hydrogen-bond acceptors (Lipinski definition) is 5. The number of nitrogens with one attached hydrogen (secondary N) is 1. The van der Waals surface area contributed by atoms with Gasteiger partial charge < -0.3 is 20.3 Å². The molecule has 0 bridgehead atoms. The van der Waals surface area contributed by atoms with Crippen molar-refractivity contribution in [2.24, 2.45) is 0 Å². The Hall–Kier alpha value is -2.18. The van der Waals surface area contributed by atoms with Crippen LogP contribution in [0.25, 0.3) is 0 Å².